The number of fused-ring (bicyclic) bond motifs is 3. The Morgan fingerprint density at radius 1 is 1.25 bits per heavy atom. The molecule has 6 rings (SSSR count). The molecule has 184 valence electrons. The first-order chi connectivity index (χ1) is 17.4. The van der Waals surface area contributed by atoms with Crippen molar-refractivity contribution < 1.29 is 17.7 Å². The van der Waals surface area contributed by atoms with Crippen molar-refractivity contribution in [2.45, 2.75) is 18.5 Å². The lowest BCUT2D eigenvalue weighted by atomic mass is 10.1. The molecule has 0 bridgehead atoms. The topological polar surface area (TPSA) is 104 Å². The molecule has 5 aromatic heterocycles. The molecule has 1 N–H and O–H groups in total. The maximum Gasteiger partial charge on any atom is 0.351 e. The Hall–Kier alpha value is -4.13. The minimum absolute atomic E-state index is 0.0988. The smallest absolute Gasteiger partial charge is 0.351 e. The van der Waals surface area contributed by atoms with Gasteiger partial charge in [0.05, 0.1) is 23.0 Å². The molecule has 1 aliphatic heterocycles. The zero-order valence-electron chi connectivity index (χ0n) is 18.6. The lowest BCUT2D eigenvalue weighted by Crippen LogP contribution is -2.30. The Morgan fingerprint density at radius 2 is 2.11 bits per heavy atom. The molecule has 1 aliphatic rings. The first-order valence-electron chi connectivity index (χ1n) is 10.8. The van der Waals surface area contributed by atoms with Gasteiger partial charge in [-0.05, 0) is 12.1 Å². The fourth-order valence-electron chi connectivity index (χ4n) is 4.29. The van der Waals surface area contributed by atoms with Crippen molar-refractivity contribution in [3.63, 3.8) is 0 Å². The van der Waals surface area contributed by atoms with Gasteiger partial charge in [0.25, 0.3) is 0 Å². The Kier molecular flexibility index (Phi) is 5.10. The van der Waals surface area contributed by atoms with Crippen LogP contribution in [0.2, 0.25) is 5.02 Å². The standard InChI is InChI=1S/C22H17ClF3N9O/c1-33-19(2-4-28-33)29-18-7-14(15(23)9-27-18)12-6-16-20-30-31-21(22(25,26)17-3-5-36-32-17)35(20)13(8-24)11-34(16)10-12/h2-7,9-10,13H,8,11H2,1H3,(H,27,29)/t13-/m0/s1. The van der Waals surface area contributed by atoms with Gasteiger partial charge in [-0.3, -0.25) is 9.25 Å². The maximum absolute atomic E-state index is 15.2. The second kappa shape index (κ2) is 8.22. The van der Waals surface area contributed by atoms with Crippen LogP contribution in [0, 0.1) is 0 Å². The molecule has 14 heteroatoms. The van der Waals surface area contributed by atoms with E-state index in [2.05, 4.69) is 35.3 Å². The highest BCUT2D eigenvalue weighted by Crippen LogP contribution is 2.41. The number of nitrogens with one attached hydrogen (secondary N) is 1. The van der Waals surface area contributed by atoms with Crippen molar-refractivity contribution in [3.05, 3.63) is 65.7 Å². The number of nitrogens with zero attached hydrogens (tertiary/aromatic N) is 8. The van der Waals surface area contributed by atoms with E-state index in [9.17, 15) is 4.39 Å². The monoisotopic (exact) mass is 515 g/mol. The molecule has 0 radical (unpaired) electrons. The zero-order chi connectivity index (χ0) is 25.0. The fourth-order valence-corrected chi connectivity index (χ4v) is 4.51. The van der Waals surface area contributed by atoms with Crippen LogP contribution in [-0.4, -0.2) is 45.9 Å². The zero-order valence-corrected chi connectivity index (χ0v) is 19.4. The number of hydrogen-bond acceptors (Lipinski definition) is 7. The molecule has 36 heavy (non-hydrogen) atoms. The van der Waals surface area contributed by atoms with E-state index in [1.807, 2.05) is 0 Å². The van der Waals surface area contributed by atoms with Crippen molar-refractivity contribution in [2.75, 3.05) is 12.0 Å². The summed E-state index contributed by atoms with van der Waals surface area (Å²) in [7, 11) is 1.79. The highest BCUT2D eigenvalue weighted by molar-refractivity contribution is 6.33. The van der Waals surface area contributed by atoms with Gasteiger partial charge in [0, 0.05) is 49.2 Å². The second-order valence-electron chi connectivity index (χ2n) is 8.27. The summed E-state index contributed by atoms with van der Waals surface area (Å²) in [5.74, 6) is -2.95. The lowest BCUT2D eigenvalue weighted by molar-refractivity contribution is 0.0182. The highest BCUT2D eigenvalue weighted by atomic mass is 35.5. The number of hydrogen-bond donors (Lipinski definition) is 1. The van der Waals surface area contributed by atoms with Crippen LogP contribution in [0.1, 0.15) is 17.6 Å². The molecular formula is C22H17ClF3N9O. The molecule has 0 saturated heterocycles. The van der Waals surface area contributed by atoms with E-state index >= 15 is 8.78 Å². The van der Waals surface area contributed by atoms with Gasteiger partial charge in [0.2, 0.25) is 5.82 Å². The molecule has 6 heterocycles. The van der Waals surface area contributed by atoms with Gasteiger partial charge in [-0.2, -0.15) is 13.9 Å². The van der Waals surface area contributed by atoms with Crippen LogP contribution in [-0.2, 0) is 19.5 Å². The molecule has 0 spiro atoms. The second-order valence-corrected chi connectivity index (χ2v) is 8.67. The van der Waals surface area contributed by atoms with Crippen LogP contribution in [0.25, 0.3) is 22.6 Å². The predicted octanol–water partition coefficient (Wildman–Crippen LogP) is 4.59. The summed E-state index contributed by atoms with van der Waals surface area (Å²) in [6.07, 6.45) is 5.98. The molecule has 0 amide bonds. The largest absolute Gasteiger partial charge is 0.364 e. The number of pyridine rings is 1. The molecule has 5 aromatic rings. The van der Waals surface area contributed by atoms with Crippen LogP contribution in [0.15, 0.2) is 53.6 Å². The van der Waals surface area contributed by atoms with Crippen molar-refractivity contribution in [2.24, 2.45) is 7.05 Å². The van der Waals surface area contributed by atoms with Gasteiger partial charge >= 0.3 is 5.92 Å². The Bertz CT molecular complexity index is 1560. The predicted molar refractivity (Wildman–Crippen MR) is 123 cm³/mol. The van der Waals surface area contributed by atoms with Gasteiger partial charge in [-0.25, -0.2) is 9.37 Å². The van der Waals surface area contributed by atoms with Crippen LogP contribution >= 0.6 is 11.6 Å². The summed E-state index contributed by atoms with van der Waals surface area (Å²) < 4.78 is 53.5. The van der Waals surface area contributed by atoms with Gasteiger partial charge in [-0.15, -0.1) is 10.2 Å². The normalized spacial score (nSPS) is 15.1. The minimum atomic E-state index is -3.62. The first-order valence-corrected chi connectivity index (χ1v) is 11.2. The van der Waals surface area contributed by atoms with Gasteiger partial charge < -0.3 is 14.4 Å². The number of halogens is 4. The van der Waals surface area contributed by atoms with E-state index in [-0.39, 0.29) is 12.4 Å². The third-order valence-electron chi connectivity index (χ3n) is 6.06. The minimum Gasteiger partial charge on any atom is -0.364 e. The van der Waals surface area contributed by atoms with Gasteiger partial charge in [0.15, 0.2) is 11.5 Å². The SMILES string of the molecule is Cn1nccc1Nc1cc(-c2cc3n(c2)C[C@H](CF)n2c-3nnc2C(F)(F)c2ccon2)c(Cl)cn1. The Morgan fingerprint density at radius 3 is 2.83 bits per heavy atom. The molecule has 1 atom stereocenters. The van der Waals surface area contributed by atoms with Crippen LogP contribution < -0.4 is 5.32 Å². The molecule has 0 aromatic carbocycles. The van der Waals surface area contributed by atoms with E-state index in [0.717, 1.165) is 22.7 Å². The third-order valence-corrected chi connectivity index (χ3v) is 6.36. The quantitative estimate of drug-likeness (QED) is 0.352. The average Bonchev–Trinajstić information content (AvgIpc) is 3.66. The van der Waals surface area contributed by atoms with E-state index in [0.29, 0.717) is 27.7 Å². The number of aromatic nitrogens is 8. The molecule has 0 saturated carbocycles. The number of anilines is 2. The maximum atomic E-state index is 15.2. The van der Waals surface area contributed by atoms with Gasteiger partial charge in [0.1, 0.15) is 24.6 Å². The van der Waals surface area contributed by atoms with Crippen molar-refractivity contribution in [1.82, 2.24) is 39.3 Å². The van der Waals surface area contributed by atoms with Crippen LogP contribution in [0.5, 0.6) is 0 Å². The summed E-state index contributed by atoms with van der Waals surface area (Å²) in [5, 5.41) is 18.7. The molecule has 10 nitrogen and oxygen atoms in total. The molecule has 0 unspecified atom stereocenters. The van der Waals surface area contributed by atoms with Crippen molar-refractivity contribution >= 4 is 23.2 Å². The summed E-state index contributed by atoms with van der Waals surface area (Å²) >= 11 is 6.46. The van der Waals surface area contributed by atoms with E-state index in [1.54, 1.807) is 46.9 Å². The summed E-state index contributed by atoms with van der Waals surface area (Å²) in [6, 6.07) is 5.41. The number of rotatable bonds is 6. The van der Waals surface area contributed by atoms with Gasteiger partial charge in [-0.1, -0.05) is 16.8 Å². The highest BCUT2D eigenvalue weighted by Gasteiger charge is 2.45. The number of alkyl halides is 3. The van der Waals surface area contributed by atoms with E-state index in [1.165, 1.54) is 6.20 Å². The molecule has 0 aliphatic carbocycles. The van der Waals surface area contributed by atoms with Crippen LogP contribution in [0.3, 0.4) is 0 Å². The van der Waals surface area contributed by atoms with E-state index < -0.39 is 30.2 Å². The Balaban J connectivity index is 1.42. The molecule has 0 fully saturated rings. The average molecular weight is 516 g/mol. The van der Waals surface area contributed by atoms with Crippen molar-refractivity contribution in [3.8, 4) is 22.6 Å². The van der Waals surface area contributed by atoms with Crippen LogP contribution in [0.4, 0.5) is 24.8 Å². The Labute approximate surface area is 206 Å². The third kappa shape index (κ3) is 3.46. The number of aryl methyl sites for hydroxylation is 1. The fraction of sp³-hybridized carbons (Fsp3) is 0.227. The first kappa shape index (κ1) is 22.3. The summed E-state index contributed by atoms with van der Waals surface area (Å²) in [4.78, 5) is 4.31. The summed E-state index contributed by atoms with van der Waals surface area (Å²) in [6.45, 7) is -0.795. The van der Waals surface area contributed by atoms with Crippen molar-refractivity contribution in [1.29, 1.82) is 0 Å². The molecular weight excluding hydrogens is 499 g/mol. The van der Waals surface area contributed by atoms with E-state index in [4.69, 9.17) is 11.6 Å². The summed E-state index contributed by atoms with van der Waals surface area (Å²) in [5.41, 5.74) is 1.20. The lowest BCUT2D eigenvalue weighted by Gasteiger charge is -2.27.